The number of rotatable bonds is 11. The van der Waals surface area contributed by atoms with Gasteiger partial charge in [-0.25, -0.2) is 0 Å². The largest absolute Gasteiger partial charge is 0.493 e. The lowest BCUT2D eigenvalue weighted by Crippen LogP contribution is -2.15. The molecule has 3 rings (SSSR count). The summed E-state index contributed by atoms with van der Waals surface area (Å²) in [6, 6.07) is 7.46. The highest BCUT2D eigenvalue weighted by atomic mass is 32.2. The Balaban J connectivity index is 1.61. The molecule has 1 aromatic carbocycles. The Morgan fingerprint density at radius 3 is 2.68 bits per heavy atom. The van der Waals surface area contributed by atoms with E-state index in [9.17, 15) is 4.79 Å². The number of hydrogen-bond acceptors (Lipinski definition) is 9. The number of hydrogen-bond donors (Lipinski definition) is 1. The van der Waals surface area contributed by atoms with Gasteiger partial charge in [0.25, 0.3) is 0 Å². The minimum absolute atomic E-state index is 0.158. The summed E-state index contributed by atoms with van der Waals surface area (Å²) in [4.78, 5) is 12.3. The van der Waals surface area contributed by atoms with E-state index in [1.165, 1.54) is 23.1 Å². The minimum atomic E-state index is -0.342. The lowest BCUT2D eigenvalue weighted by atomic mass is 10.3. The number of para-hydroxylation sites is 2. The number of nitrogens with zero attached hydrogens (tertiary/aromatic N) is 5. The van der Waals surface area contributed by atoms with Crippen LogP contribution < -0.4 is 14.8 Å². The van der Waals surface area contributed by atoms with Gasteiger partial charge in [-0.2, -0.15) is 0 Å². The molecule has 166 valence electrons. The predicted molar refractivity (Wildman–Crippen MR) is 121 cm³/mol. The molecule has 9 nitrogen and oxygen atoms in total. The fraction of sp³-hybridized carbons (Fsp3) is 0.450. The first-order valence-corrected chi connectivity index (χ1v) is 11.8. The van der Waals surface area contributed by atoms with Crippen LogP contribution in [0, 0.1) is 0 Å². The van der Waals surface area contributed by atoms with Gasteiger partial charge in [-0.05, 0) is 32.4 Å². The van der Waals surface area contributed by atoms with Gasteiger partial charge in [0.05, 0.1) is 12.9 Å². The van der Waals surface area contributed by atoms with Crippen LogP contribution in [0.5, 0.6) is 11.5 Å². The van der Waals surface area contributed by atoms with Crippen molar-refractivity contribution < 1.29 is 14.3 Å². The molecule has 0 aliphatic heterocycles. The summed E-state index contributed by atoms with van der Waals surface area (Å²) in [6.07, 6.45) is 1.51. The predicted octanol–water partition coefficient (Wildman–Crippen LogP) is 3.98. The standard InChI is InChI=1S/C20H26N6O3S2/c1-5-9-17-22-24-19(31-17)21-16(27)12-30-20-25-23-18(26(20)6-2)13(3)29-15-11-8-7-10-14(15)28-4/h7-8,10-11,13H,5-6,9,12H2,1-4H3,(H,21,24,27). The van der Waals surface area contributed by atoms with Gasteiger partial charge >= 0.3 is 0 Å². The second-order valence-corrected chi connectivity index (χ2v) is 8.59. The summed E-state index contributed by atoms with van der Waals surface area (Å²) in [5.74, 6) is 2.01. The zero-order valence-corrected chi connectivity index (χ0v) is 19.6. The lowest BCUT2D eigenvalue weighted by Gasteiger charge is -2.17. The van der Waals surface area contributed by atoms with Crippen LogP contribution in [0.25, 0.3) is 0 Å². The van der Waals surface area contributed by atoms with E-state index >= 15 is 0 Å². The van der Waals surface area contributed by atoms with Crippen LogP contribution in [0.1, 0.15) is 44.1 Å². The van der Waals surface area contributed by atoms with E-state index in [0.717, 1.165) is 17.8 Å². The number of carbonyl (C=O) groups is 1. The summed E-state index contributed by atoms with van der Waals surface area (Å²) in [5.41, 5.74) is 0. The molecular formula is C20H26N6O3S2. The molecule has 1 amide bonds. The summed E-state index contributed by atoms with van der Waals surface area (Å²) in [7, 11) is 1.60. The number of aromatic nitrogens is 5. The van der Waals surface area contributed by atoms with Crippen molar-refractivity contribution in [1.29, 1.82) is 0 Å². The lowest BCUT2D eigenvalue weighted by molar-refractivity contribution is -0.113. The van der Waals surface area contributed by atoms with E-state index in [-0.39, 0.29) is 17.8 Å². The number of nitrogens with one attached hydrogen (secondary N) is 1. The maximum Gasteiger partial charge on any atom is 0.236 e. The first-order valence-electron chi connectivity index (χ1n) is 10.0. The zero-order valence-electron chi connectivity index (χ0n) is 18.0. The second-order valence-electron chi connectivity index (χ2n) is 6.58. The molecular weight excluding hydrogens is 436 g/mol. The van der Waals surface area contributed by atoms with Crippen LogP contribution >= 0.6 is 23.1 Å². The number of methoxy groups -OCH3 is 1. The molecule has 1 unspecified atom stereocenters. The summed E-state index contributed by atoms with van der Waals surface area (Å²) in [6.45, 7) is 6.65. The fourth-order valence-corrected chi connectivity index (χ4v) is 4.54. The quantitative estimate of drug-likeness (QED) is 0.427. The number of ether oxygens (including phenoxy) is 2. The van der Waals surface area contributed by atoms with Crippen molar-refractivity contribution >= 4 is 34.1 Å². The summed E-state index contributed by atoms with van der Waals surface area (Å²) < 4.78 is 13.3. The normalized spacial score (nSPS) is 11.9. The van der Waals surface area contributed by atoms with Gasteiger partial charge in [-0.15, -0.1) is 20.4 Å². The van der Waals surface area contributed by atoms with E-state index in [1.807, 2.05) is 42.7 Å². The van der Waals surface area contributed by atoms with Gasteiger partial charge in [-0.1, -0.05) is 42.2 Å². The average Bonchev–Trinajstić information content (AvgIpc) is 3.39. The van der Waals surface area contributed by atoms with E-state index in [4.69, 9.17) is 9.47 Å². The monoisotopic (exact) mass is 462 g/mol. The van der Waals surface area contributed by atoms with Crippen LogP contribution in [0.3, 0.4) is 0 Å². The molecule has 1 N–H and O–H groups in total. The van der Waals surface area contributed by atoms with Gasteiger partial charge in [0.2, 0.25) is 11.0 Å². The third-order valence-corrected chi connectivity index (χ3v) is 6.17. The third-order valence-electron chi connectivity index (χ3n) is 4.31. The van der Waals surface area contributed by atoms with Crippen molar-refractivity contribution in [2.24, 2.45) is 0 Å². The molecule has 0 radical (unpaired) electrons. The Morgan fingerprint density at radius 2 is 1.97 bits per heavy atom. The molecule has 31 heavy (non-hydrogen) atoms. The Labute approximate surface area is 189 Å². The number of amides is 1. The third kappa shape index (κ3) is 5.95. The Hall–Kier alpha value is -2.66. The molecule has 0 spiro atoms. The number of anilines is 1. The second kappa shape index (κ2) is 11.1. The molecule has 2 heterocycles. The van der Waals surface area contributed by atoms with Crippen LogP contribution in [-0.2, 0) is 17.8 Å². The Kier molecular flexibility index (Phi) is 8.24. The fourth-order valence-electron chi connectivity index (χ4n) is 2.87. The van der Waals surface area contributed by atoms with Crippen molar-refractivity contribution in [3.8, 4) is 11.5 Å². The first kappa shape index (κ1) is 23.0. The SMILES string of the molecule is CCCc1nnc(NC(=O)CSc2nnc(C(C)Oc3ccccc3OC)n2CC)s1. The molecule has 0 aliphatic rings. The van der Waals surface area contributed by atoms with Crippen molar-refractivity contribution in [2.45, 2.75) is 51.4 Å². The van der Waals surface area contributed by atoms with Crippen LogP contribution in [0.2, 0.25) is 0 Å². The van der Waals surface area contributed by atoms with E-state index in [2.05, 4.69) is 32.6 Å². The zero-order chi connectivity index (χ0) is 22.2. The topological polar surface area (TPSA) is 104 Å². The molecule has 0 aliphatic carbocycles. The van der Waals surface area contributed by atoms with Gasteiger partial charge in [0.1, 0.15) is 5.01 Å². The molecule has 0 fully saturated rings. The van der Waals surface area contributed by atoms with Crippen molar-refractivity contribution in [3.63, 3.8) is 0 Å². The molecule has 0 saturated carbocycles. The van der Waals surface area contributed by atoms with E-state index < -0.39 is 0 Å². The van der Waals surface area contributed by atoms with Crippen LogP contribution in [-0.4, -0.2) is 43.7 Å². The average molecular weight is 463 g/mol. The van der Waals surface area contributed by atoms with E-state index in [1.54, 1.807) is 7.11 Å². The van der Waals surface area contributed by atoms with Crippen LogP contribution in [0.15, 0.2) is 29.4 Å². The summed E-state index contributed by atoms with van der Waals surface area (Å²) in [5, 5.41) is 21.5. The molecule has 2 aromatic heterocycles. The number of thioether (sulfide) groups is 1. The van der Waals surface area contributed by atoms with Crippen LogP contribution in [0.4, 0.5) is 5.13 Å². The van der Waals surface area contributed by atoms with Crippen molar-refractivity contribution in [3.05, 3.63) is 35.1 Å². The molecule has 11 heteroatoms. The Morgan fingerprint density at radius 1 is 1.19 bits per heavy atom. The maximum atomic E-state index is 12.3. The molecule has 0 bridgehead atoms. The summed E-state index contributed by atoms with van der Waals surface area (Å²) >= 11 is 2.73. The first-order chi connectivity index (χ1) is 15.0. The molecule has 1 atom stereocenters. The smallest absolute Gasteiger partial charge is 0.236 e. The van der Waals surface area contributed by atoms with Crippen molar-refractivity contribution in [1.82, 2.24) is 25.0 Å². The molecule has 0 saturated heterocycles. The van der Waals surface area contributed by atoms with Gasteiger partial charge in [0, 0.05) is 13.0 Å². The van der Waals surface area contributed by atoms with Gasteiger partial charge in [0.15, 0.2) is 28.6 Å². The van der Waals surface area contributed by atoms with Crippen molar-refractivity contribution in [2.75, 3.05) is 18.2 Å². The van der Waals surface area contributed by atoms with Gasteiger partial charge in [-0.3, -0.25) is 10.1 Å². The number of benzene rings is 1. The highest BCUT2D eigenvalue weighted by Crippen LogP contribution is 2.31. The highest BCUT2D eigenvalue weighted by molar-refractivity contribution is 7.99. The molecule has 3 aromatic rings. The number of carbonyl (C=O) groups excluding carboxylic acids is 1. The maximum absolute atomic E-state index is 12.3. The highest BCUT2D eigenvalue weighted by Gasteiger charge is 2.20. The van der Waals surface area contributed by atoms with Gasteiger partial charge < -0.3 is 14.0 Å². The minimum Gasteiger partial charge on any atom is -0.493 e. The van der Waals surface area contributed by atoms with E-state index in [0.29, 0.717) is 34.2 Å². The number of aryl methyl sites for hydroxylation is 1. The Bertz CT molecular complexity index is 1010.